The molecule has 0 atom stereocenters. The first-order valence-corrected chi connectivity index (χ1v) is 9.58. The highest BCUT2D eigenvalue weighted by Crippen LogP contribution is 2.30. The number of aromatic nitrogens is 2. The second-order valence-corrected chi connectivity index (χ2v) is 6.98. The highest BCUT2D eigenvalue weighted by atomic mass is 19.4. The van der Waals surface area contributed by atoms with Gasteiger partial charge in [0, 0.05) is 6.54 Å². The molecule has 174 valence electrons. The Morgan fingerprint density at radius 2 is 1.91 bits per heavy atom. The van der Waals surface area contributed by atoms with Crippen LogP contribution in [0, 0.1) is 12.7 Å². The van der Waals surface area contributed by atoms with E-state index in [-0.39, 0.29) is 23.7 Å². The zero-order valence-corrected chi connectivity index (χ0v) is 17.6. The van der Waals surface area contributed by atoms with Crippen molar-refractivity contribution in [2.45, 2.75) is 19.6 Å². The van der Waals surface area contributed by atoms with E-state index in [1.807, 2.05) is 0 Å². The number of carbonyl (C=O) groups is 2. The first kappa shape index (κ1) is 23.8. The maximum absolute atomic E-state index is 13.6. The Morgan fingerprint density at radius 3 is 2.58 bits per heavy atom. The molecule has 3 rings (SSSR count). The molecule has 1 amide bonds. The number of nitrogens with one attached hydrogen (secondary N) is 1. The summed E-state index contributed by atoms with van der Waals surface area (Å²) >= 11 is 0. The summed E-state index contributed by atoms with van der Waals surface area (Å²) in [5.41, 5.74) is -0.158. The first-order chi connectivity index (χ1) is 15.6. The summed E-state index contributed by atoms with van der Waals surface area (Å²) in [4.78, 5) is 24.3. The summed E-state index contributed by atoms with van der Waals surface area (Å²) in [5, 5.41) is 6.43. The summed E-state index contributed by atoms with van der Waals surface area (Å²) < 4.78 is 63.5. The van der Waals surface area contributed by atoms with Crippen LogP contribution in [0.15, 0.2) is 48.7 Å². The topological polar surface area (TPSA) is 82.5 Å². The molecule has 0 aliphatic heterocycles. The first-order valence-electron chi connectivity index (χ1n) is 9.58. The van der Waals surface area contributed by atoms with Gasteiger partial charge in [-0.15, -0.1) is 0 Å². The maximum Gasteiger partial charge on any atom is 0.416 e. The maximum atomic E-state index is 13.6. The lowest BCUT2D eigenvalue weighted by Gasteiger charge is -2.08. The van der Waals surface area contributed by atoms with E-state index >= 15 is 0 Å². The Morgan fingerprint density at radius 1 is 1.15 bits per heavy atom. The fourth-order valence-corrected chi connectivity index (χ4v) is 2.80. The number of hydrogen-bond donors (Lipinski definition) is 1. The molecular formula is C22H19F4N3O4. The van der Waals surface area contributed by atoms with Gasteiger partial charge in [-0.1, -0.05) is 18.2 Å². The van der Waals surface area contributed by atoms with Crippen LogP contribution < -0.4 is 10.1 Å². The van der Waals surface area contributed by atoms with E-state index in [9.17, 15) is 27.2 Å². The standard InChI is InChI=1S/C22H19F4N3O4/c1-13-6-7-14(8-17(13)23)10-27-19(30)12-33-21(31)20-18(32-2)11-29(28-20)16-5-3-4-15(9-16)22(24,25)26/h3-9,11H,10,12H2,1-2H3,(H,27,30). The SMILES string of the molecule is COc1cn(-c2cccc(C(F)(F)F)c2)nc1C(=O)OCC(=O)NCc1ccc(C)c(F)c1. The molecule has 1 aromatic heterocycles. The van der Waals surface area contributed by atoms with Gasteiger partial charge >= 0.3 is 12.1 Å². The van der Waals surface area contributed by atoms with E-state index in [1.54, 1.807) is 19.1 Å². The number of halogens is 4. The number of amides is 1. The quantitative estimate of drug-likeness (QED) is 0.424. The Balaban J connectivity index is 1.64. The van der Waals surface area contributed by atoms with Crippen LogP contribution >= 0.6 is 0 Å². The zero-order chi connectivity index (χ0) is 24.2. The van der Waals surface area contributed by atoms with Crippen LogP contribution in [0.3, 0.4) is 0 Å². The Bertz CT molecular complexity index is 1170. The fraction of sp³-hybridized carbons (Fsp3) is 0.227. The Hall–Kier alpha value is -3.89. The molecule has 7 nitrogen and oxygen atoms in total. The van der Waals surface area contributed by atoms with Crippen molar-refractivity contribution in [3.05, 3.63) is 76.9 Å². The van der Waals surface area contributed by atoms with E-state index in [4.69, 9.17) is 9.47 Å². The van der Waals surface area contributed by atoms with Crippen LogP contribution in [0.25, 0.3) is 5.69 Å². The largest absolute Gasteiger partial charge is 0.493 e. The molecular weight excluding hydrogens is 446 g/mol. The highest BCUT2D eigenvalue weighted by Gasteiger charge is 2.31. The molecule has 3 aromatic rings. The number of methoxy groups -OCH3 is 1. The van der Waals surface area contributed by atoms with Crippen LogP contribution in [0.4, 0.5) is 17.6 Å². The molecule has 0 aliphatic rings. The van der Waals surface area contributed by atoms with Gasteiger partial charge in [0.15, 0.2) is 12.4 Å². The van der Waals surface area contributed by atoms with E-state index in [0.717, 1.165) is 16.8 Å². The number of nitrogens with zero attached hydrogens (tertiary/aromatic N) is 2. The summed E-state index contributed by atoms with van der Waals surface area (Å²) in [6.45, 7) is 0.994. The molecule has 1 N–H and O–H groups in total. The van der Waals surface area contributed by atoms with Gasteiger partial charge in [0.05, 0.1) is 24.6 Å². The molecule has 2 aromatic carbocycles. The van der Waals surface area contributed by atoms with Crippen molar-refractivity contribution in [2.24, 2.45) is 0 Å². The summed E-state index contributed by atoms with van der Waals surface area (Å²) in [6, 6.07) is 8.85. The number of benzene rings is 2. The fourth-order valence-electron chi connectivity index (χ4n) is 2.80. The third-order valence-electron chi connectivity index (χ3n) is 4.59. The summed E-state index contributed by atoms with van der Waals surface area (Å²) in [6.07, 6.45) is -3.33. The van der Waals surface area contributed by atoms with E-state index in [2.05, 4.69) is 10.4 Å². The third-order valence-corrected chi connectivity index (χ3v) is 4.59. The molecule has 0 radical (unpaired) electrons. The van der Waals surface area contributed by atoms with Crippen LogP contribution in [-0.2, 0) is 22.3 Å². The van der Waals surface area contributed by atoms with Crippen molar-refractivity contribution in [1.29, 1.82) is 0 Å². The minimum atomic E-state index is -4.55. The molecule has 33 heavy (non-hydrogen) atoms. The molecule has 0 spiro atoms. The average molecular weight is 465 g/mol. The van der Waals surface area contributed by atoms with Gasteiger partial charge in [0.1, 0.15) is 5.82 Å². The van der Waals surface area contributed by atoms with Crippen molar-refractivity contribution >= 4 is 11.9 Å². The van der Waals surface area contributed by atoms with E-state index in [0.29, 0.717) is 11.1 Å². The van der Waals surface area contributed by atoms with Gasteiger partial charge in [0.2, 0.25) is 5.69 Å². The second kappa shape index (κ2) is 9.72. The molecule has 0 unspecified atom stereocenters. The van der Waals surface area contributed by atoms with Gasteiger partial charge in [-0.3, -0.25) is 4.79 Å². The van der Waals surface area contributed by atoms with Gasteiger partial charge in [-0.25, -0.2) is 13.9 Å². The van der Waals surface area contributed by atoms with Crippen LogP contribution in [0.5, 0.6) is 5.75 Å². The molecule has 11 heteroatoms. The molecule has 0 aliphatic carbocycles. The predicted octanol–water partition coefficient (Wildman–Crippen LogP) is 3.82. The van der Waals surface area contributed by atoms with Crippen molar-refractivity contribution in [3.8, 4) is 11.4 Å². The lowest BCUT2D eigenvalue weighted by molar-refractivity contribution is -0.137. The van der Waals surface area contributed by atoms with Crippen molar-refractivity contribution in [2.75, 3.05) is 13.7 Å². The Labute approximate surface area is 185 Å². The smallest absolute Gasteiger partial charge is 0.416 e. The normalized spacial score (nSPS) is 11.2. The molecule has 0 saturated heterocycles. The molecule has 0 bridgehead atoms. The van der Waals surface area contributed by atoms with Gasteiger partial charge in [-0.05, 0) is 42.3 Å². The summed E-state index contributed by atoms with van der Waals surface area (Å²) in [5.74, 6) is -2.10. The van der Waals surface area contributed by atoms with Crippen LogP contribution in [0.1, 0.15) is 27.2 Å². The van der Waals surface area contributed by atoms with Crippen LogP contribution in [0.2, 0.25) is 0 Å². The lowest BCUT2D eigenvalue weighted by atomic mass is 10.1. The minimum Gasteiger partial charge on any atom is -0.493 e. The van der Waals surface area contributed by atoms with Crippen molar-refractivity contribution in [3.63, 3.8) is 0 Å². The number of rotatable bonds is 7. The predicted molar refractivity (Wildman–Crippen MR) is 108 cm³/mol. The molecule has 0 fully saturated rings. The number of hydrogen-bond acceptors (Lipinski definition) is 5. The number of ether oxygens (including phenoxy) is 2. The van der Waals surface area contributed by atoms with Gasteiger partial charge < -0.3 is 14.8 Å². The minimum absolute atomic E-state index is 0.0288. The Kier molecular flexibility index (Phi) is 7.00. The van der Waals surface area contributed by atoms with Gasteiger partial charge in [0.25, 0.3) is 5.91 Å². The second-order valence-electron chi connectivity index (χ2n) is 6.98. The number of carbonyl (C=O) groups excluding carboxylic acids is 2. The van der Waals surface area contributed by atoms with E-state index in [1.165, 1.54) is 31.5 Å². The van der Waals surface area contributed by atoms with Gasteiger partial charge in [-0.2, -0.15) is 18.3 Å². The number of aryl methyl sites for hydroxylation is 1. The molecule has 1 heterocycles. The monoisotopic (exact) mass is 465 g/mol. The summed E-state index contributed by atoms with van der Waals surface area (Å²) in [7, 11) is 1.25. The number of alkyl halides is 3. The number of esters is 1. The zero-order valence-electron chi connectivity index (χ0n) is 17.6. The third kappa shape index (κ3) is 5.88. The highest BCUT2D eigenvalue weighted by molar-refractivity contribution is 5.92. The van der Waals surface area contributed by atoms with Crippen molar-refractivity contribution < 1.29 is 36.6 Å². The van der Waals surface area contributed by atoms with Crippen molar-refractivity contribution in [1.82, 2.24) is 15.1 Å². The average Bonchev–Trinajstić information content (AvgIpc) is 3.22. The van der Waals surface area contributed by atoms with E-state index < -0.39 is 36.0 Å². The lowest BCUT2D eigenvalue weighted by Crippen LogP contribution is -2.28. The molecule has 0 saturated carbocycles. The van der Waals surface area contributed by atoms with Crippen LogP contribution in [-0.4, -0.2) is 35.4 Å².